The molecule has 0 aliphatic carbocycles. The lowest BCUT2D eigenvalue weighted by molar-refractivity contribution is 0.386. The second-order valence-electron chi connectivity index (χ2n) is 4.79. The molecular formula is C16H16FN3OS2. The lowest BCUT2D eigenvalue weighted by atomic mass is 10.2. The van der Waals surface area contributed by atoms with Crippen LogP contribution < -0.4 is 4.74 Å². The first-order chi connectivity index (χ1) is 11.2. The molecule has 0 saturated carbocycles. The van der Waals surface area contributed by atoms with Crippen LogP contribution >= 0.6 is 23.1 Å². The van der Waals surface area contributed by atoms with Crippen molar-refractivity contribution in [2.45, 2.75) is 24.4 Å². The molecule has 0 aliphatic heterocycles. The molecule has 2 aromatic heterocycles. The first kappa shape index (κ1) is 16.0. The summed E-state index contributed by atoms with van der Waals surface area (Å²) in [4.78, 5) is 1.10. The predicted octanol–water partition coefficient (Wildman–Crippen LogP) is 4.47. The third-order valence-corrected chi connectivity index (χ3v) is 5.26. The molecule has 23 heavy (non-hydrogen) atoms. The summed E-state index contributed by atoms with van der Waals surface area (Å²) >= 11 is 3.19. The fourth-order valence-corrected chi connectivity index (χ4v) is 3.88. The molecular weight excluding hydrogens is 333 g/mol. The molecule has 1 aromatic carbocycles. The summed E-state index contributed by atoms with van der Waals surface area (Å²) in [5, 5.41) is 11.4. The number of rotatable bonds is 6. The van der Waals surface area contributed by atoms with Crippen LogP contribution in [-0.2, 0) is 12.3 Å². The highest BCUT2D eigenvalue weighted by Crippen LogP contribution is 2.29. The minimum atomic E-state index is -0.346. The minimum absolute atomic E-state index is 0.260. The monoisotopic (exact) mass is 349 g/mol. The van der Waals surface area contributed by atoms with Crippen LogP contribution in [0.1, 0.15) is 12.5 Å². The fourth-order valence-electron chi connectivity index (χ4n) is 2.22. The molecule has 3 aromatic rings. The largest absolute Gasteiger partial charge is 0.494 e. The number of aromatic nitrogens is 3. The molecule has 0 aliphatic rings. The molecule has 0 radical (unpaired) electrons. The Morgan fingerprint density at radius 2 is 2.17 bits per heavy atom. The van der Waals surface area contributed by atoms with Gasteiger partial charge in [-0.05, 0) is 36.1 Å². The van der Waals surface area contributed by atoms with Crippen molar-refractivity contribution in [3.8, 4) is 16.5 Å². The van der Waals surface area contributed by atoms with E-state index in [0.29, 0.717) is 5.75 Å². The maximum absolute atomic E-state index is 13.7. The van der Waals surface area contributed by atoms with Crippen LogP contribution in [-0.4, -0.2) is 21.9 Å². The van der Waals surface area contributed by atoms with Crippen molar-refractivity contribution >= 4 is 23.1 Å². The Kier molecular flexibility index (Phi) is 4.97. The summed E-state index contributed by atoms with van der Waals surface area (Å²) in [6, 6.07) is 9.04. The van der Waals surface area contributed by atoms with Crippen LogP contribution in [0.2, 0.25) is 0 Å². The molecule has 4 nitrogen and oxygen atoms in total. The summed E-state index contributed by atoms with van der Waals surface area (Å²) < 4.78 is 20.8. The maximum atomic E-state index is 13.7. The zero-order valence-electron chi connectivity index (χ0n) is 12.8. The van der Waals surface area contributed by atoms with Crippen molar-refractivity contribution in [1.82, 2.24) is 14.8 Å². The Labute approximate surface area is 142 Å². The zero-order valence-corrected chi connectivity index (χ0v) is 14.5. The number of hydrogen-bond acceptors (Lipinski definition) is 5. The Morgan fingerprint density at radius 3 is 2.83 bits per heavy atom. The van der Waals surface area contributed by atoms with Crippen LogP contribution in [0.3, 0.4) is 0 Å². The second-order valence-corrected chi connectivity index (χ2v) is 6.68. The lowest BCUT2D eigenvalue weighted by Gasteiger charge is -2.07. The van der Waals surface area contributed by atoms with Gasteiger partial charge in [0, 0.05) is 12.3 Å². The van der Waals surface area contributed by atoms with Crippen molar-refractivity contribution in [3.05, 3.63) is 47.1 Å². The summed E-state index contributed by atoms with van der Waals surface area (Å²) in [7, 11) is 1.46. The highest BCUT2D eigenvalue weighted by Gasteiger charge is 2.14. The van der Waals surface area contributed by atoms with Gasteiger partial charge in [-0.2, -0.15) is 0 Å². The Morgan fingerprint density at radius 1 is 1.30 bits per heavy atom. The number of halogens is 1. The fraction of sp³-hybridized carbons (Fsp3) is 0.250. The van der Waals surface area contributed by atoms with Gasteiger partial charge in [0.05, 0.1) is 12.0 Å². The van der Waals surface area contributed by atoms with Crippen LogP contribution in [0.15, 0.2) is 40.9 Å². The number of thioether (sulfide) groups is 1. The molecule has 0 atom stereocenters. The SMILES string of the molecule is CCn1c(SCc2ccc(OC)c(F)c2)nnc1-c1cccs1. The predicted molar refractivity (Wildman–Crippen MR) is 91.5 cm³/mol. The van der Waals surface area contributed by atoms with Crippen molar-refractivity contribution in [2.24, 2.45) is 0 Å². The summed E-state index contributed by atoms with van der Waals surface area (Å²) in [5.41, 5.74) is 0.886. The Hall–Kier alpha value is -1.86. The standard InChI is InChI=1S/C16H16FN3OS2/c1-3-20-15(14-5-4-8-22-14)18-19-16(20)23-10-11-6-7-13(21-2)12(17)9-11/h4-9H,3,10H2,1-2H3. The molecule has 0 unspecified atom stereocenters. The van der Waals surface area contributed by atoms with Gasteiger partial charge in [-0.1, -0.05) is 23.9 Å². The zero-order chi connectivity index (χ0) is 16.2. The van der Waals surface area contributed by atoms with Crippen LogP contribution in [0.5, 0.6) is 5.75 Å². The topological polar surface area (TPSA) is 39.9 Å². The van der Waals surface area contributed by atoms with Crippen molar-refractivity contribution in [1.29, 1.82) is 0 Å². The second kappa shape index (κ2) is 7.14. The quantitative estimate of drug-likeness (QED) is 0.616. The summed E-state index contributed by atoms with van der Waals surface area (Å²) in [6.07, 6.45) is 0. The third kappa shape index (κ3) is 3.40. The van der Waals surface area contributed by atoms with E-state index in [-0.39, 0.29) is 11.6 Å². The van der Waals surface area contributed by atoms with Crippen LogP contribution in [0.25, 0.3) is 10.7 Å². The molecule has 0 amide bonds. The number of ether oxygens (including phenoxy) is 1. The first-order valence-electron chi connectivity index (χ1n) is 7.15. The molecule has 0 spiro atoms. The maximum Gasteiger partial charge on any atom is 0.191 e. The van der Waals surface area contributed by atoms with E-state index in [1.165, 1.54) is 13.2 Å². The third-order valence-electron chi connectivity index (χ3n) is 3.36. The summed E-state index contributed by atoms with van der Waals surface area (Å²) in [6.45, 7) is 2.86. The van der Waals surface area contributed by atoms with Gasteiger partial charge in [-0.3, -0.25) is 0 Å². The average Bonchev–Trinajstić information content (AvgIpc) is 3.21. The van der Waals surface area contributed by atoms with Gasteiger partial charge in [0.25, 0.3) is 0 Å². The van der Waals surface area contributed by atoms with Gasteiger partial charge in [0.2, 0.25) is 0 Å². The molecule has 0 N–H and O–H groups in total. The lowest BCUT2D eigenvalue weighted by Crippen LogP contribution is -1.99. The van der Waals surface area contributed by atoms with Crippen molar-refractivity contribution in [2.75, 3.05) is 7.11 Å². The smallest absolute Gasteiger partial charge is 0.191 e. The summed E-state index contributed by atoms with van der Waals surface area (Å²) in [5.74, 6) is 1.42. The highest BCUT2D eigenvalue weighted by atomic mass is 32.2. The van der Waals surface area contributed by atoms with E-state index in [0.717, 1.165) is 28.0 Å². The average molecular weight is 349 g/mol. The van der Waals surface area contributed by atoms with Gasteiger partial charge in [0.1, 0.15) is 0 Å². The molecule has 2 heterocycles. The first-order valence-corrected chi connectivity index (χ1v) is 9.01. The van der Waals surface area contributed by atoms with Gasteiger partial charge in [0.15, 0.2) is 22.5 Å². The van der Waals surface area contributed by atoms with Crippen LogP contribution in [0, 0.1) is 5.82 Å². The number of hydrogen-bond donors (Lipinski definition) is 0. The van der Waals surface area contributed by atoms with E-state index in [1.807, 2.05) is 23.6 Å². The van der Waals surface area contributed by atoms with Gasteiger partial charge >= 0.3 is 0 Å². The van der Waals surface area contributed by atoms with E-state index >= 15 is 0 Å². The number of thiophene rings is 1. The molecule has 0 bridgehead atoms. The minimum Gasteiger partial charge on any atom is -0.494 e. The molecule has 3 rings (SSSR count). The van der Waals surface area contributed by atoms with Gasteiger partial charge < -0.3 is 9.30 Å². The molecule has 120 valence electrons. The van der Waals surface area contributed by atoms with E-state index in [2.05, 4.69) is 21.7 Å². The molecule has 0 fully saturated rings. The number of nitrogens with zero attached hydrogens (tertiary/aromatic N) is 3. The van der Waals surface area contributed by atoms with E-state index in [9.17, 15) is 4.39 Å². The normalized spacial score (nSPS) is 10.9. The highest BCUT2D eigenvalue weighted by molar-refractivity contribution is 7.98. The molecule has 7 heteroatoms. The van der Waals surface area contributed by atoms with Crippen molar-refractivity contribution < 1.29 is 9.13 Å². The van der Waals surface area contributed by atoms with E-state index < -0.39 is 0 Å². The van der Waals surface area contributed by atoms with Gasteiger partial charge in [-0.15, -0.1) is 21.5 Å². The van der Waals surface area contributed by atoms with Crippen LogP contribution in [0.4, 0.5) is 4.39 Å². The van der Waals surface area contributed by atoms with E-state index in [1.54, 1.807) is 29.2 Å². The van der Waals surface area contributed by atoms with Crippen molar-refractivity contribution in [3.63, 3.8) is 0 Å². The molecule has 0 saturated heterocycles. The Balaban J connectivity index is 1.77. The number of methoxy groups -OCH3 is 1. The Bertz CT molecular complexity index is 787. The van der Waals surface area contributed by atoms with Gasteiger partial charge in [-0.25, -0.2) is 4.39 Å². The number of benzene rings is 1. The van der Waals surface area contributed by atoms with E-state index in [4.69, 9.17) is 4.74 Å².